The van der Waals surface area contributed by atoms with Crippen molar-refractivity contribution in [3.8, 4) is 17.4 Å². The molecule has 6 fully saturated rings. The molecule has 0 radical (unpaired) electrons. The van der Waals surface area contributed by atoms with Crippen LogP contribution in [0.5, 0.6) is 17.4 Å². The van der Waals surface area contributed by atoms with Gasteiger partial charge in [-0.05, 0) is 127 Å². The van der Waals surface area contributed by atoms with Crippen LogP contribution in [0.3, 0.4) is 0 Å². The lowest BCUT2D eigenvalue weighted by Crippen LogP contribution is -2.60. The van der Waals surface area contributed by atoms with Crippen LogP contribution < -0.4 is 44.9 Å². The van der Waals surface area contributed by atoms with Crippen LogP contribution in [0.4, 0.5) is 9.59 Å². The van der Waals surface area contributed by atoms with Gasteiger partial charge in [0, 0.05) is 76.6 Å². The Morgan fingerprint density at radius 2 is 1.12 bits per heavy atom. The van der Waals surface area contributed by atoms with E-state index in [1.807, 2.05) is 30.3 Å². The molecule has 2 aromatic carbocycles. The van der Waals surface area contributed by atoms with Gasteiger partial charge in [-0.1, -0.05) is 59.8 Å². The fourth-order valence-electron chi connectivity index (χ4n) is 13.3. The molecule has 0 bridgehead atoms. The van der Waals surface area contributed by atoms with Crippen molar-refractivity contribution < 1.29 is 83.3 Å². The van der Waals surface area contributed by atoms with Crippen molar-refractivity contribution in [2.75, 3.05) is 19.7 Å². The van der Waals surface area contributed by atoms with Gasteiger partial charge in [-0.25, -0.2) is 31.4 Å². The zero-order chi connectivity index (χ0) is 74.2. The second-order valence-electron chi connectivity index (χ2n) is 31.7. The molecule has 4 saturated carbocycles. The number of furan rings is 1. The summed E-state index contributed by atoms with van der Waals surface area (Å²) in [5.74, 6) is -3.62. The van der Waals surface area contributed by atoms with E-state index in [4.69, 9.17) is 28.1 Å². The number of fused-ring (bicyclic) bond motifs is 6. The quantitative estimate of drug-likeness (QED) is 0.0424. The third kappa shape index (κ3) is 15.9. The second-order valence-corrected chi connectivity index (χ2v) is 35.6. The summed E-state index contributed by atoms with van der Waals surface area (Å²) in [5.41, 5.74) is -4.64. The first-order valence-electron chi connectivity index (χ1n) is 34.4. The Balaban J connectivity index is 0.000000205. The summed E-state index contributed by atoms with van der Waals surface area (Å²) in [4.78, 5) is 122. The molecule has 5 aromatic rings. The van der Waals surface area contributed by atoms with E-state index in [-0.39, 0.29) is 38.8 Å². The number of rotatable bonds is 20. The molecule has 30 heteroatoms. The van der Waals surface area contributed by atoms with E-state index in [0.29, 0.717) is 60.3 Å². The maximum atomic E-state index is 14.5. The highest BCUT2D eigenvalue weighted by Gasteiger charge is 2.64. The van der Waals surface area contributed by atoms with Gasteiger partial charge in [-0.3, -0.25) is 43.2 Å². The summed E-state index contributed by atoms with van der Waals surface area (Å²) in [6.07, 6.45) is 9.45. The van der Waals surface area contributed by atoms with Crippen LogP contribution in [0, 0.1) is 22.7 Å². The zero-order valence-corrected chi connectivity index (χ0v) is 61.2. The Bertz CT molecular complexity index is 4450. The summed E-state index contributed by atoms with van der Waals surface area (Å²) in [5, 5.41) is 13.5. The molecule has 12 rings (SSSR count). The maximum Gasteiger partial charge on any atom is 0.408 e. The topological polar surface area (TPSA) is 369 Å². The molecular weight excluding hydrogens is 1360 g/mol. The molecule has 8 amide bonds. The van der Waals surface area contributed by atoms with Gasteiger partial charge in [-0.15, -0.1) is 13.2 Å². The van der Waals surface area contributed by atoms with Crippen LogP contribution in [-0.2, 0) is 64.7 Å². The maximum absolute atomic E-state index is 14.5. The monoisotopic (exact) mass is 1450 g/mol. The number of alkyl carbamates (subject to hydrolysis) is 2. The summed E-state index contributed by atoms with van der Waals surface area (Å²) >= 11 is 0. The molecule has 2 saturated heterocycles. The number of nitrogens with one attached hydrogen (secondary N) is 6. The van der Waals surface area contributed by atoms with Crippen molar-refractivity contribution in [2.24, 2.45) is 22.7 Å². The molecule has 6 N–H and O–H groups in total. The van der Waals surface area contributed by atoms with Crippen LogP contribution in [-0.4, -0.2) is 173 Å². The SMILES string of the molecule is C=C[C@@H]1C[C@]1(NC(=O)[C@@H]1C[C@@H](Oc2cc3ccoc3c3ccncc23)CN1C(=O)[C@@H](NC(=O)OC(C)(C)C)C(C)(C)C)C(=O)NS(=O)(=O)C1CC1.C=C[C@@H]1C[C@]1(NC(=O)[C@@H]1C[C@@H](Oc2nccc3c4c(ccc23)CCO4)CN1C(=O)[C@@H](NC(=O)OC(C)(C)C)C(C)(C)C)C(=O)NS(=O)(=O)C1CC1. The van der Waals surface area contributed by atoms with E-state index in [1.165, 1.54) is 22.0 Å². The lowest BCUT2D eigenvalue weighted by molar-refractivity contribution is -0.143. The van der Waals surface area contributed by atoms with Crippen molar-refractivity contribution in [3.05, 3.63) is 92.1 Å². The molecule has 0 spiro atoms. The molecule has 10 atom stereocenters. The Morgan fingerprint density at radius 1 is 0.627 bits per heavy atom. The highest BCUT2D eigenvalue weighted by atomic mass is 32.2. The number of pyridine rings is 2. The Morgan fingerprint density at radius 3 is 1.58 bits per heavy atom. The zero-order valence-electron chi connectivity index (χ0n) is 59.6. The number of ether oxygens (including phenoxy) is 5. The molecule has 3 aromatic heterocycles. The Hall–Kier alpha value is -9.06. The van der Waals surface area contributed by atoms with E-state index in [0.717, 1.165) is 33.9 Å². The summed E-state index contributed by atoms with van der Waals surface area (Å²) < 4.78 is 90.5. The van der Waals surface area contributed by atoms with Crippen LogP contribution in [0.2, 0.25) is 0 Å². The van der Waals surface area contributed by atoms with E-state index < -0.39 is 159 Å². The number of hydrogen-bond donors (Lipinski definition) is 6. The molecule has 4 aliphatic carbocycles. The summed E-state index contributed by atoms with van der Waals surface area (Å²) in [6.45, 7) is 29.0. The number of likely N-dealkylation sites (tertiary alicyclic amines) is 2. The van der Waals surface area contributed by atoms with Crippen molar-refractivity contribution in [2.45, 2.75) is 210 Å². The van der Waals surface area contributed by atoms with Gasteiger partial charge in [0.05, 0.1) is 36.5 Å². The predicted molar refractivity (Wildman–Crippen MR) is 375 cm³/mol. The normalized spacial score (nSPS) is 24.5. The van der Waals surface area contributed by atoms with Crippen molar-refractivity contribution in [1.29, 1.82) is 0 Å². The number of carbonyl (C=O) groups is 8. The van der Waals surface area contributed by atoms with Crippen LogP contribution in [0.1, 0.15) is 140 Å². The predicted octanol–water partition coefficient (Wildman–Crippen LogP) is 7.06. The first-order chi connectivity index (χ1) is 47.7. The average Bonchev–Trinajstić information content (AvgIpc) is 1.57. The number of amides is 8. The minimum Gasteiger partial charge on any atom is -0.492 e. The number of benzene rings is 2. The van der Waals surface area contributed by atoms with Gasteiger partial charge in [0.1, 0.15) is 75.7 Å². The Kier molecular flexibility index (Phi) is 19.8. The average molecular weight is 1450 g/mol. The van der Waals surface area contributed by atoms with Gasteiger partial charge >= 0.3 is 12.2 Å². The van der Waals surface area contributed by atoms with Crippen LogP contribution >= 0.6 is 0 Å². The molecule has 550 valence electrons. The molecule has 6 heterocycles. The number of hydrogen-bond acceptors (Lipinski definition) is 20. The van der Waals surface area contributed by atoms with Gasteiger partial charge in [-0.2, -0.15) is 0 Å². The van der Waals surface area contributed by atoms with Crippen molar-refractivity contribution in [3.63, 3.8) is 0 Å². The first kappa shape index (κ1) is 74.1. The fraction of sp³-hybridized carbons (Fsp3) is 0.556. The van der Waals surface area contributed by atoms with E-state index in [2.05, 4.69) is 53.8 Å². The molecule has 7 aliphatic rings. The minimum atomic E-state index is -3.90. The van der Waals surface area contributed by atoms with Crippen LogP contribution in [0.25, 0.3) is 32.5 Å². The summed E-state index contributed by atoms with van der Waals surface area (Å²) in [7, 11) is -7.79. The second kappa shape index (κ2) is 27.3. The Labute approximate surface area is 593 Å². The largest absolute Gasteiger partial charge is 0.492 e. The standard InChI is InChI=1S/C36H47N5O9S.C36H45N5O9S/c1-8-21-18-36(21,32(44)40-51(46,47)23-10-11-23)39-29(42)26-17-22(49-30-25-12-9-20-14-16-48-27(20)24(25)13-15-37-30)19-41(26)31(43)28(34(2,3)4)38-33(45)50-35(5,6)7;1-8-21-17-36(21,32(44)40-51(46,47)23-9-10-23)39-30(42)26-16-22(49-27-15-20-12-14-48-28(20)24-11-13-37-18-25(24)27)19-41(26)31(43)29(34(2,3)4)38-33(45)50-35(5,6)7/h8-9,12-13,15,21-23,26,28H,1,10-11,14,16-19H2,2-7H3,(H,38,45)(H,39,42)(H,40,44);8,11-15,18,21-23,26,29H,1,9-10,16-17,19H2,2-7H3,(H,38,45)(H,39,42)(H,40,44)/t21-,22-,26+,28-,36-;21-,22-,26+,29-,36-/m11/s1. The molecule has 3 aliphatic heterocycles. The lowest BCUT2D eigenvalue weighted by Gasteiger charge is -2.36. The van der Waals surface area contributed by atoms with Gasteiger partial charge in [0.2, 0.25) is 49.6 Å². The smallest absolute Gasteiger partial charge is 0.408 e. The number of carbonyl (C=O) groups excluding carboxylic acids is 8. The summed E-state index contributed by atoms with van der Waals surface area (Å²) in [6, 6.07) is 6.63. The molecular formula is C72H92N10O18S2. The lowest BCUT2D eigenvalue weighted by atomic mass is 9.85. The third-order valence-electron chi connectivity index (χ3n) is 19.2. The van der Waals surface area contributed by atoms with Crippen molar-refractivity contribution >= 4 is 100 Å². The minimum absolute atomic E-state index is 0.0250. The number of sulfonamides is 2. The molecule has 0 unspecified atom stereocenters. The molecule has 28 nitrogen and oxygen atoms in total. The van der Waals surface area contributed by atoms with E-state index in [9.17, 15) is 55.2 Å². The number of nitrogens with zero attached hydrogens (tertiary/aromatic N) is 4. The number of aromatic nitrogens is 2. The van der Waals surface area contributed by atoms with Crippen molar-refractivity contribution in [1.82, 2.24) is 50.5 Å². The fourth-order valence-corrected chi connectivity index (χ4v) is 16.1. The van der Waals surface area contributed by atoms with E-state index in [1.54, 1.807) is 114 Å². The van der Waals surface area contributed by atoms with E-state index >= 15 is 0 Å². The van der Waals surface area contributed by atoms with Gasteiger partial charge in [0.15, 0.2) is 0 Å². The highest BCUT2D eigenvalue weighted by molar-refractivity contribution is 7.91. The van der Waals surface area contributed by atoms with Gasteiger partial charge < -0.3 is 59.2 Å². The van der Waals surface area contributed by atoms with Gasteiger partial charge in [0.25, 0.3) is 11.8 Å². The highest BCUT2D eigenvalue weighted by Crippen LogP contribution is 2.48. The third-order valence-corrected chi connectivity index (χ3v) is 22.8. The van der Waals surface area contributed by atoms with Crippen LogP contribution in [0.15, 0.2) is 91.0 Å². The molecule has 102 heavy (non-hydrogen) atoms. The first-order valence-corrected chi connectivity index (χ1v) is 37.5.